The minimum atomic E-state index is -0.0151. The summed E-state index contributed by atoms with van der Waals surface area (Å²) >= 11 is 0. The van der Waals surface area contributed by atoms with Crippen LogP contribution in [0, 0.1) is 0 Å². The second-order valence-electron chi connectivity index (χ2n) is 3.25. The maximum Gasteiger partial charge on any atom is 0.267 e. The smallest absolute Gasteiger partial charge is 0.267 e. The van der Waals surface area contributed by atoms with Gasteiger partial charge in [-0.15, -0.1) is 0 Å². The molecule has 0 unspecified atom stereocenters. The number of nitrogens with one attached hydrogen (secondary N) is 3. The van der Waals surface area contributed by atoms with Gasteiger partial charge in [-0.2, -0.15) is 0 Å². The Morgan fingerprint density at radius 2 is 2.54 bits per heavy atom. The van der Waals surface area contributed by atoms with E-state index in [-0.39, 0.29) is 11.9 Å². The molecule has 1 amide bonds. The Balaban J connectivity index is 1.91. The molecule has 1 saturated heterocycles. The van der Waals surface area contributed by atoms with E-state index in [0.29, 0.717) is 5.69 Å². The quantitative estimate of drug-likeness (QED) is 0.603. The maximum atomic E-state index is 11.5. The third kappa shape index (κ3) is 1.89. The molecule has 1 aliphatic heterocycles. The molecule has 1 aliphatic rings. The molecule has 70 valence electrons. The molecule has 4 heteroatoms. The highest BCUT2D eigenvalue weighted by Gasteiger charge is 2.17. The minimum absolute atomic E-state index is 0.0151. The topological polar surface area (TPSA) is 56.9 Å². The number of H-pyrrole nitrogens is 1. The average Bonchev–Trinajstić information content (AvgIpc) is 2.74. The first-order chi connectivity index (χ1) is 6.36. The fourth-order valence-electron chi connectivity index (χ4n) is 1.51. The first-order valence-corrected chi connectivity index (χ1v) is 4.51. The second kappa shape index (κ2) is 3.62. The molecule has 0 saturated carbocycles. The number of amides is 1. The highest BCUT2D eigenvalue weighted by Crippen LogP contribution is 2.00. The van der Waals surface area contributed by atoms with E-state index in [1.54, 1.807) is 12.3 Å². The predicted molar refractivity (Wildman–Crippen MR) is 49.5 cm³/mol. The Kier molecular flexibility index (Phi) is 2.31. The summed E-state index contributed by atoms with van der Waals surface area (Å²) in [6.45, 7) is 1.88. The van der Waals surface area contributed by atoms with E-state index in [1.165, 1.54) is 0 Å². The number of rotatable bonds is 2. The van der Waals surface area contributed by atoms with Gasteiger partial charge in [-0.25, -0.2) is 0 Å². The van der Waals surface area contributed by atoms with Crippen molar-refractivity contribution in [2.45, 2.75) is 12.5 Å². The van der Waals surface area contributed by atoms with Crippen LogP contribution in [0.15, 0.2) is 18.3 Å². The minimum Gasteiger partial charge on any atom is -0.357 e. The van der Waals surface area contributed by atoms with Crippen molar-refractivity contribution in [3.05, 3.63) is 24.0 Å². The third-order valence-corrected chi connectivity index (χ3v) is 2.24. The molecule has 1 fully saturated rings. The van der Waals surface area contributed by atoms with Gasteiger partial charge >= 0.3 is 0 Å². The lowest BCUT2D eigenvalue weighted by Gasteiger charge is -2.09. The molecular formula is C9H13N3O. The average molecular weight is 179 g/mol. The highest BCUT2D eigenvalue weighted by molar-refractivity contribution is 5.92. The summed E-state index contributed by atoms with van der Waals surface area (Å²) in [4.78, 5) is 14.4. The van der Waals surface area contributed by atoms with E-state index in [4.69, 9.17) is 0 Å². The molecule has 1 atom stereocenters. The molecule has 4 nitrogen and oxygen atoms in total. The molecule has 2 rings (SSSR count). The zero-order valence-corrected chi connectivity index (χ0v) is 7.34. The lowest BCUT2D eigenvalue weighted by molar-refractivity contribution is 0.0935. The van der Waals surface area contributed by atoms with Gasteiger partial charge in [0.25, 0.3) is 5.91 Å². The predicted octanol–water partition coefficient (Wildman–Crippen LogP) is 0.106. The first-order valence-electron chi connectivity index (χ1n) is 4.51. The maximum absolute atomic E-state index is 11.5. The SMILES string of the molecule is O=C(N[C@@H]1CCNC1)c1ccc[nH]1. The van der Waals surface area contributed by atoms with Crippen LogP contribution in [0.3, 0.4) is 0 Å². The van der Waals surface area contributed by atoms with Crippen LogP contribution in [0.4, 0.5) is 0 Å². The number of aromatic nitrogens is 1. The van der Waals surface area contributed by atoms with Crippen LogP contribution >= 0.6 is 0 Å². The van der Waals surface area contributed by atoms with Crippen molar-refractivity contribution in [1.82, 2.24) is 15.6 Å². The molecule has 0 radical (unpaired) electrons. The monoisotopic (exact) mass is 179 g/mol. The second-order valence-corrected chi connectivity index (χ2v) is 3.25. The molecule has 0 spiro atoms. The third-order valence-electron chi connectivity index (χ3n) is 2.24. The van der Waals surface area contributed by atoms with E-state index >= 15 is 0 Å². The van der Waals surface area contributed by atoms with Crippen molar-refractivity contribution in [2.24, 2.45) is 0 Å². The number of hydrogen-bond acceptors (Lipinski definition) is 2. The van der Waals surface area contributed by atoms with Gasteiger partial charge in [0.2, 0.25) is 0 Å². The van der Waals surface area contributed by atoms with Crippen LogP contribution in [0.25, 0.3) is 0 Å². The molecule has 0 aliphatic carbocycles. The van der Waals surface area contributed by atoms with Gasteiger partial charge in [0, 0.05) is 18.8 Å². The van der Waals surface area contributed by atoms with Gasteiger partial charge in [-0.3, -0.25) is 4.79 Å². The summed E-state index contributed by atoms with van der Waals surface area (Å²) in [6, 6.07) is 3.88. The number of carbonyl (C=O) groups excluding carboxylic acids is 1. The molecule has 0 aromatic carbocycles. The standard InChI is InChI=1S/C9H13N3O/c13-9(8-2-1-4-11-8)12-7-3-5-10-6-7/h1-2,4,7,10-11H,3,5-6H2,(H,12,13)/t7-/m1/s1. The number of aromatic amines is 1. The molecular weight excluding hydrogens is 166 g/mol. The van der Waals surface area contributed by atoms with Crippen LogP contribution in [0.5, 0.6) is 0 Å². The lowest BCUT2D eigenvalue weighted by atomic mass is 10.2. The summed E-state index contributed by atoms with van der Waals surface area (Å²) in [5, 5.41) is 6.15. The Hall–Kier alpha value is -1.29. The molecule has 1 aromatic heterocycles. The molecule has 1 aromatic rings. The van der Waals surface area contributed by atoms with Crippen LogP contribution < -0.4 is 10.6 Å². The summed E-state index contributed by atoms with van der Waals surface area (Å²) in [6.07, 6.45) is 2.77. The van der Waals surface area contributed by atoms with Gasteiger partial charge in [-0.05, 0) is 25.1 Å². The Morgan fingerprint density at radius 1 is 1.62 bits per heavy atom. The molecule has 13 heavy (non-hydrogen) atoms. The van der Waals surface area contributed by atoms with Gasteiger partial charge in [0.05, 0.1) is 0 Å². The van der Waals surface area contributed by atoms with E-state index in [9.17, 15) is 4.79 Å². The number of hydrogen-bond donors (Lipinski definition) is 3. The Morgan fingerprint density at radius 3 is 3.15 bits per heavy atom. The summed E-state index contributed by atoms with van der Waals surface area (Å²) in [5.74, 6) is -0.0151. The van der Waals surface area contributed by atoms with Crippen molar-refractivity contribution in [2.75, 3.05) is 13.1 Å². The van der Waals surface area contributed by atoms with E-state index in [2.05, 4.69) is 15.6 Å². The Labute approximate surface area is 76.7 Å². The zero-order valence-electron chi connectivity index (χ0n) is 7.34. The van der Waals surface area contributed by atoms with Crippen LogP contribution in [-0.2, 0) is 0 Å². The van der Waals surface area contributed by atoms with Gasteiger partial charge in [0.15, 0.2) is 0 Å². The fraction of sp³-hybridized carbons (Fsp3) is 0.444. The van der Waals surface area contributed by atoms with Crippen molar-refractivity contribution >= 4 is 5.91 Å². The van der Waals surface area contributed by atoms with E-state index < -0.39 is 0 Å². The summed E-state index contributed by atoms with van der Waals surface area (Å²) < 4.78 is 0. The first kappa shape index (κ1) is 8.31. The van der Waals surface area contributed by atoms with Gasteiger partial charge in [0.1, 0.15) is 5.69 Å². The molecule has 2 heterocycles. The van der Waals surface area contributed by atoms with E-state index in [1.807, 2.05) is 6.07 Å². The normalized spacial score (nSPS) is 21.7. The molecule has 0 bridgehead atoms. The lowest BCUT2D eigenvalue weighted by Crippen LogP contribution is -2.36. The van der Waals surface area contributed by atoms with Gasteiger partial charge in [-0.1, -0.05) is 0 Å². The summed E-state index contributed by atoms with van der Waals surface area (Å²) in [5.41, 5.74) is 0.631. The fourth-order valence-corrected chi connectivity index (χ4v) is 1.51. The van der Waals surface area contributed by atoms with E-state index in [0.717, 1.165) is 19.5 Å². The van der Waals surface area contributed by atoms with Crippen molar-refractivity contribution in [3.8, 4) is 0 Å². The number of carbonyl (C=O) groups is 1. The van der Waals surface area contributed by atoms with Crippen LogP contribution in [0.2, 0.25) is 0 Å². The van der Waals surface area contributed by atoms with Crippen molar-refractivity contribution in [1.29, 1.82) is 0 Å². The highest BCUT2D eigenvalue weighted by atomic mass is 16.1. The largest absolute Gasteiger partial charge is 0.357 e. The molecule has 3 N–H and O–H groups in total. The van der Waals surface area contributed by atoms with Crippen LogP contribution in [-0.4, -0.2) is 30.0 Å². The van der Waals surface area contributed by atoms with Crippen molar-refractivity contribution < 1.29 is 4.79 Å². The van der Waals surface area contributed by atoms with Crippen LogP contribution in [0.1, 0.15) is 16.9 Å². The van der Waals surface area contributed by atoms with Crippen molar-refractivity contribution in [3.63, 3.8) is 0 Å². The summed E-state index contributed by atoms with van der Waals surface area (Å²) in [7, 11) is 0. The van der Waals surface area contributed by atoms with Gasteiger partial charge < -0.3 is 15.6 Å². The Bertz CT molecular complexity index is 275. The zero-order chi connectivity index (χ0) is 9.10.